The zero-order valence-electron chi connectivity index (χ0n) is 16.9. The number of aromatic nitrogens is 3. The summed E-state index contributed by atoms with van der Waals surface area (Å²) in [4.78, 5) is 14.9. The van der Waals surface area contributed by atoms with Crippen molar-refractivity contribution < 1.29 is 4.79 Å². The Hall–Kier alpha value is -2.31. The molecule has 0 radical (unpaired) electrons. The van der Waals surface area contributed by atoms with Gasteiger partial charge in [-0.15, -0.1) is 10.2 Å². The third-order valence-electron chi connectivity index (χ3n) is 4.68. The minimum atomic E-state index is -0.258. The van der Waals surface area contributed by atoms with Gasteiger partial charge in [0.2, 0.25) is 5.91 Å². The second-order valence-electron chi connectivity index (χ2n) is 6.66. The molecule has 1 aromatic heterocycles. The minimum Gasteiger partial charge on any atom is -0.338 e. The summed E-state index contributed by atoms with van der Waals surface area (Å²) in [6, 6.07) is 17.6. The van der Waals surface area contributed by atoms with E-state index in [2.05, 4.69) is 10.2 Å². The minimum absolute atomic E-state index is 0.0973. The number of hydrogen-bond donors (Lipinski definition) is 0. The van der Waals surface area contributed by atoms with Crippen molar-refractivity contribution in [1.82, 2.24) is 19.7 Å². The number of nitrogens with zero attached hydrogens (tertiary/aromatic N) is 4. The molecule has 0 spiro atoms. The number of rotatable bonds is 8. The molecule has 1 heterocycles. The van der Waals surface area contributed by atoms with Gasteiger partial charge in [0.25, 0.3) is 0 Å². The molecule has 3 aromatic rings. The number of benzene rings is 2. The summed E-state index contributed by atoms with van der Waals surface area (Å²) in [6.07, 6.45) is 0. The molecular formula is C22H25ClN4OS. The summed E-state index contributed by atoms with van der Waals surface area (Å²) in [5.41, 5.74) is 2.08. The normalized spacial score (nSPS) is 12.0. The summed E-state index contributed by atoms with van der Waals surface area (Å²) in [7, 11) is 0. The first-order chi connectivity index (χ1) is 14.0. The fourth-order valence-electron chi connectivity index (χ4n) is 3.09. The van der Waals surface area contributed by atoms with E-state index in [0.29, 0.717) is 18.1 Å². The van der Waals surface area contributed by atoms with E-state index in [1.54, 1.807) is 0 Å². The summed E-state index contributed by atoms with van der Waals surface area (Å²) in [5.74, 6) is 0.878. The fraction of sp³-hybridized carbons (Fsp3) is 0.318. The molecule has 0 N–H and O–H groups in total. The third kappa shape index (κ3) is 5.19. The fourth-order valence-corrected chi connectivity index (χ4v) is 4.21. The molecule has 3 rings (SSSR count). The van der Waals surface area contributed by atoms with Gasteiger partial charge < -0.3 is 9.47 Å². The first-order valence-corrected chi connectivity index (χ1v) is 11.0. The van der Waals surface area contributed by atoms with Gasteiger partial charge in [-0.3, -0.25) is 4.79 Å². The largest absolute Gasteiger partial charge is 0.338 e. The van der Waals surface area contributed by atoms with Gasteiger partial charge in [-0.1, -0.05) is 53.7 Å². The van der Waals surface area contributed by atoms with Crippen LogP contribution in [0.5, 0.6) is 0 Å². The molecule has 0 aliphatic carbocycles. The molecule has 0 aliphatic heterocycles. The maximum Gasteiger partial charge on any atom is 0.236 e. The molecule has 0 bridgehead atoms. The summed E-state index contributed by atoms with van der Waals surface area (Å²) < 4.78 is 2.03. The van der Waals surface area contributed by atoms with E-state index < -0.39 is 0 Å². The van der Waals surface area contributed by atoms with Crippen molar-refractivity contribution in [3.63, 3.8) is 0 Å². The lowest BCUT2D eigenvalue weighted by Gasteiger charge is -2.24. The van der Waals surface area contributed by atoms with Crippen LogP contribution in [0.3, 0.4) is 0 Å². The van der Waals surface area contributed by atoms with Crippen molar-refractivity contribution >= 4 is 29.3 Å². The van der Waals surface area contributed by atoms with E-state index in [-0.39, 0.29) is 11.2 Å². The van der Waals surface area contributed by atoms with Gasteiger partial charge in [-0.25, -0.2) is 0 Å². The van der Waals surface area contributed by atoms with Gasteiger partial charge in [-0.05, 0) is 50.6 Å². The predicted molar refractivity (Wildman–Crippen MR) is 119 cm³/mol. The maximum atomic E-state index is 13.0. The smallest absolute Gasteiger partial charge is 0.236 e. The monoisotopic (exact) mass is 428 g/mol. The maximum absolute atomic E-state index is 13.0. The van der Waals surface area contributed by atoms with Gasteiger partial charge >= 0.3 is 0 Å². The SMILES string of the molecule is CCN(Cc1ccccc1)C(=O)C(C)Sc1nnc(-c2ccc(Cl)cc2)n1CC. The van der Waals surface area contributed by atoms with Crippen LogP contribution in [0, 0.1) is 0 Å². The van der Waals surface area contributed by atoms with Crippen LogP contribution >= 0.6 is 23.4 Å². The highest BCUT2D eigenvalue weighted by molar-refractivity contribution is 8.00. The van der Waals surface area contributed by atoms with Crippen molar-refractivity contribution in [3.05, 3.63) is 65.2 Å². The number of halogens is 1. The zero-order valence-corrected chi connectivity index (χ0v) is 18.5. The van der Waals surface area contributed by atoms with Gasteiger partial charge in [0, 0.05) is 30.2 Å². The molecule has 0 saturated carbocycles. The molecule has 0 aliphatic rings. The first kappa shape index (κ1) is 21.4. The molecule has 29 heavy (non-hydrogen) atoms. The predicted octanol–water partition coefficient (Wildman–Crippen LogP) is 5.15. The van der Waals surface area contributed by atoms with Crippen LogP contribution in [0.15, 0.2) is 59.8 Å². The second kappa shape index (κ2) is 9.94. The van der Waals surface area contributed by atoms with Crippen LogP contribution < -0.4 is 0 Å². The van der Waals surface area contributed by atoms with Crippen LogP contribution in [-0.4, -0.2) is 37.4 Å². The molecule has 1 unspecified atom stereocenters. The van der Waals surface area contributed by atoms with E-state index in [1.807, 2.05) is 84.8 Å². The highest BCUT2D eigenvalue weighted by atomic mass is 35.5. The Kier molecular flexibility index (Phi) is 7.34. The summed E-state index contributed by atoms with van der Waals surface area (Å²) in [6.45, 7) is 7.97. The average molecular weight is 429 g/mol. The Morgan fingerprint density at radius 3 is 2.41 bits per heavy atom. The molecule has 7 heteroatoms. The Bertz CT molecular complexity index is 943. The summed E-state index contributed by atoms with van der Waals surface area (Å²) >= 11 is 7.44. The Morgan fingerprint density at radius 2 is 1.79 bits per heavy atom. The van der Waals surface area contributed by atoms with Gasteiger partial charge in [0.1, 0.15) is 0 Å². The number of amides is 1. The van der Waals surface area contributed by atoms with Crippen LogP contribution in [0.2, 0.25) is 5.02 Å². The van der Waals surface area contributed by atoms with Crippen molar-refractivity contribution in [3.8, 4) is 11.4 Å². The molecule has 0 saturated heterocycles. The second-order valence-corrected chi connectivity index (χ2v) is 8.40. The lowest BCUT2D eigenvalue weighted by Crippen LogP contribution is -2.36. The number of carbonyl (C=O) groups is 1. The van der Waals surface area contributed by atoms with E-state index in [1.165, 1.54) is 11.8 Å². The highest BCUT2D eigenvalue weighted by Crippen LogP contribution is 2.28. The molecule has 2 aromatic carbocycles. The van der Waals surface area contributed by atoms with Crippen molar-refractivity contribution in [1.29, 1.82) is 0 Å². The average Bonchev–Trinajstić information content (AvgIpc) is 3.15. The zero-order chi connectivity index (χ0) is 20.8. The number of carbonyl (C=O) groups excluding carboxylic acids is 1. The van der Waals surface area contributed by atoms with E-state index in [0.717, 1.165) is 28.7 Å². The molecule has 1 atom stereocenters. The summed E-state index contributed by atoms with van der Waals surface area (Å²) in [5, 5.41) is 9.88. The highest BCUT2D eigenvalue weighted by Gasteiger charge is 2.24. The lowest BCUT2D eigenvalue weighted by atomic mass is 10.2. The van der Waals surface area contributed by atoms with Crippen molar-refractivity contribution in [2.24, 2.45) is 0 Å². The van der Waals surface area contributed by atoms with Crippen LogP contribution in [0.4, 0.5) is 0 Å². The Labute approximate surface area is 181 Å². The Morgan fingerprint density at radius 1 is 1.10 bits per heavy atom. The van der Waals surface area contributed by atoms with Gasteiger partial charge in [-0.2, -0.15) is 0 Å². The van der Waals surface area contributed by atoms with E-state index >= 15 is 0 Å². The molecule has 152 valence electrons. The number of thioether (sulfide) groups is 1. The topological polar surface area (TPSA) is 51.0 Å². The molecule has 1 amide bonds. The quantitative estimate of drug-likeness (QED) is 0.465. The standard InChI is InChI=1S/C22H25ClN4OS/c1-4-26(15-17-9-7-6-8-10-17)21(28)16(3)29-22-25-24-20(27(22)5-2)18-11-13-19(23)14-12-18/h6-14,16H,4-5,15H2,1-3H3. The van der Waals surface area contributed by atoms with Crippen LogP contribution in [0.1, 0.15) is 26.3 Å². The van der Waals surface area contributed by atoms with E-state index in [4.69, 9.17) is 11.6 Å². The molecule has 0 fully saturated rings. The first-order valence-electron chi connectivity index (χ1n) is 9.72. The van der Waals surface area contributed by atoms with Crippen molar-refractivity contribution in [2.75, 3.05) is 6.54 Å². The lowest BCUT2D eigenvalue weighted by molar-refractivity contribution is -0.130. The van der Waals surface area contributed by atoms with Crippen molar-refractivity contribution in [2.45, 2.75) is 44.3 Å². The van der Waals surface area contributed by atoms with Gasteiger partial charge in [0.15, 0.2) is 11.0 Å². The van der Waals surface area contributed by atoms with E-state index in [9.17, 15) is 4.79 Å². The third-order valence-corrected chi connectivity index (χ3v) is 6.00. The van der Waals surface area contributed by atoms with Gasteiger partial charge in [0.05, 0.1) is 5.25 Å². The Balaban J connectivity index is 1.74. The van der Waals surface area contributed by atoms with Crippen LogP contribution in [0.25, 0.3) is 11.4 Å². The molecule has 5 nitrogen and oxygen atoms in total. The number of hydrogen-bond acceptors (Lipinski definition) is 4. The molecular weight excluding hydrogens is 404 g/mol. The van der Waals surface area contributed by atoms with Crippen LogP contribution in [-0.2, 0) is 17.9 Å².